The second kappa shape index (κ2) is 9.58. The lowest BCUT2D eigenvalue weighted by atomic mass is 10.1. The predicted octanol–water partition coefficient (Wildman–Crippen LogP) is 3.15. The number of hydrogen-bond donors (Lipinski definition) is 1. The van der Waals surface area contributed by atoms with Crippen LogP contribution in [0.5, 0.6) is 5.75 Å². The average Bonchev–Trinajstić information content (AvgIpc) is 2.70. The molecular formula is C19H19F2N3O5. The van der Waals surface area contributed by atoms with E-state index in [-0.39, 0.29) is 17.0 Å². The number of nitro benzene ring substituents is 1. The topological polar surface area (TPSA) is 102 Å². The summed E-state index contributed by atoms with van der Waals surface area (Å²) in [5.41, 5.74) is 0.325. The highest BCUT2D eigenvalue weighted by molar-refractivity contribution is 5.98. The summed E-state index contributed by atoms with van der Waals surface area (Å²) in [5.74, 6) is -1.51. The molecule has 0 heterocycles. The highest BCUT2D eigenvalue weighted by atomic mass is 19.3. The van der Waals surface area contributed by atoms with E-state index in [4.69, 9.17) is 0 Å². The largest absolute Gasteiger partial charge is 0.434 e. The molecule has 0 unspecified atom stereocenters. The van der Waals surface area contributed by atoms with Gasteiger partial charge in [0.15, 0.2) is 0 Å². The van der Waals surface area contributed by atoms with Crippen molar-refractivity contribution in [2.45, 2.75) is 19.6 Å². The van der Waals surface area contributed by atoms with Crippen LogP contribution in [0.4, 0.5) is 14.5 Å². The number of para-hydroxylation sites is 1. The lowest BCUT2D eigenvalue weighted by molar-refractivity contribution is -0.384. The van der Waals surface area contributed by atoms with Gasteiger partial charge in [0.25, 0.3) is 11.6 Å². The number of amides is 2. The van der Waals surface area contributed by atoms with Gasteiger partial charge in [0.2, 0.25) is 5.91 Å². The number of likely N-dealkylation sites (N-methyl/N-ethyl adjacent to an activating group) is 1. The molecule has 2 amide bonds. The molecule has 2 rings (SSSR count). The van der Waals surface area contributed by atoms with Gasteiger partial charge in [0.1, 0.15) is 5.75 Å². The van der Waals surface area contributed by atoms with Crippen LogP contribution in [0.15, 0.2) is 48.5 Å². The molecular weight excluding hydrogens is 388 g/mol. The summed E-state index contributed by atoms with van der Waals surface area (Å²) in [6.45, 7) is -1.80. The second-order valence-corrected chi connectivity index (χ2v) is 6.09. The third-order valence-corrected chi connectivity index (χ3v) is 4.29. The van der Waals surface area contributed by atoms with Crippen molar-refractivity contribution in [3.63, 3.8) is 0 Å². The molecule has 8 nitrogen and oxygen atoms in total. The van der Waals surface area contributed by atoms with Crippen LogP contribution < -0.4 is 10.1 Å². The van der Waals surface area contributed by atoms with E-state index in [0.717, 1.165) is 0 Å². The Hall–Kier alpha value is -3.56. The summed E-state index contributed by atoms with van der Waals surface area (Å²) in [6, 6.07) is 10.8. The lowest BCUT2D eigenvalue weighted by Gasteiger charge is -2.25. The number of nitrogens with one attached hydrogen (secondary N) is 1. The monoisotopic (exact) mass is 407 g/mol. The molecule has 29 heavy (non-hydrogen) atoms. The maximum Gasteiger partial charge on any atom is 0.387 e. The summed E-state index contributed by atoms with van der Waals surface area (Å²) in [6.07, 6.45) is 0. The first kappa shape index (κ1) is 21.7. The zero-order chi connectivity index (χ0) is 21.6. The van der Waals surface area contributed by atoms with Crippen LogP contribution in [0.25, 0.3) is 0 Å². The van der Waals surface area contributed by atoms with Gasteiger partial charge >= 0.3 is 6.61 Å². The van der Waals surface area contributed by atoms with Crippen LogP contribution in [0.3, 0.4) is 0 Å². The van der Waals surface area contributed by atoms with Crippen LogP contribution in [-0.2, 0) is 4.79 Å². The first-order valence-electron chi connectivity index (χ1n) is 8.52. The van der Waals surface area contributed by atoms with E-state index in [9.17, 15) is 28.5 Å². The zero-order valence-electron chi connectivity index (χ0n) is 15.7. The number of hydrogen-bond acceptors (Lipinski definition) is 5. The van der Waals surface area contributed by atoms with Gasteiger partial charge in [-0.1, -0.05) is 24.3 Å². The summed E-state index contributed by atoms with van der Waals surface area (Å²) in [4.78, 5) is 36.3. The van der Waals surface area contributed by atoms with Crippen LogP contribution in [0.1, 0.15) is 28.9 Å². The van der Waals surface area contributed by atoms with E-state index in [1.807, 2.05) is 0 Å². The van der Waals surface area contributed by atoms with Crippen LogP contribution in [0.2, 0.25) is 0 Å². The van der Waals surface area contributed by atoms with E-state index in [0.29, 0.717) is 5.56 Å². The summed E-state index contributed by atoms with van der Waals surface area (Å²) in [5, 5.41) is 13.3. The highest BCUT2D eigenvalue weighted by Gasteiger charge is 2.21. The molecule has 0 bridgehead atoms. The standard InChI is InChI=1S/C19H19F2N3O5/c1-12(13-6-5-7-14(10-13)24(27)28)23(2)17(25)11-22-18(26)15-8-3-4-9-16(15)29-19(20)21/h3-10,12,19H,11H2,1-2H3,(H,22,26)/t12-/m0/s1. The Labute approximate surface area is 165 Å². The fourth-order valence-electron chi connectivity index (χ4n) is 2.57. The van der Waals surface area contributed by atoms with Crippen LogP contribution in [0, 0.1) is 10.1 Å². The lowest BCUT2D eigenvalue weighted by Crippen LogP contribution is -2.39. The Morgan fingerprint density at radius 3 is 2.55 bits per heavy atom. The molecule has 2 aromatic rings. The Morgan fingerprint density at radius 2 is 1.90 bits per heavy atom. The van der Waals surface area contributed by atoms with E-state index in [2.05, 4.69) is 10.1 Å². The first-order valence-corrected chi connectivity index (χ1v) is 8.52. The number of halogens is 2. The van der Waals surface area contributed by atoms with Crippen LogP contribution in [-0.4, -0.2) is 41.8 Å². The molecule has 0 aliphatic heterocycles. The number of rotatable bonds is 8. The van der Waals surface area contributed by atoms with E-state index in [1.165, 1.54) is 54.4 Å². The molecule has 154 valence electrons. The van der Waals surface area contributed by atoms with Gasteiger partial charge in [-0.3, -0.25) is 19.7 Å². The van der Waals surface area contributed by atoms with Gasteiger partial charge in [0.05, 0.1) is 23.1 Å². The van der Waals surface area contributed by atoms with Gasteiger partial charge in [0, 0.05) is 19.2 Å². The van der Waals surface area contributed by atoms with Crippen molar-refractivity contribution in [3.8, 4) is 5.75 Å². The molecule has 0 saturated heterocycles. The highest BCUT2D eigenvalue weighted by Crippen LogP contribution is 2.23. The number of benzene rings is 2. The molecule has 0 saturated carbocycles. The van der Waals surface area contributed by atoms with Crippen molar-refractivity contribution in [2.24, 2.45) is 0 Å². The molecule has 0 aliphatic rings. The average molecular weight is 407 g/mol. The first-order chi connectivity index (χ1) is 13.7. The quantitative estimate of drug-likeness (QED) is 0.535. The third kappa shape index (κ3) is 5.71. The molecule has 0 aromatic heterocycles. The van der Waals surface area contributed by atoms with Gasteiger partial charge in [-0.05, 0) is 24.6 Å². The zero-order valence-corrected chi connectivity index (χ0v) is 15.7. The maximum atomic E-state index is 12.5. The Morgan fingerprint density at radius 1 is 1.21 bits per heavy atom. The number of carbonyl (C=O) groups is 2. The molecule has 0 fully saturated rings. The Bertz CT molecular complexity index is 907. The van der Waals surface area contributed by atoms with Crippen molar-refractivity contribution in [1.82, 2.24) is 10.2 Å². The van der Waals surface area contributed by atoms with Crippen molar-refractivity contribution in [3.05, 3.63) is 69.8 Å². The Balaban J connectivity index is 2.02. The third-order valence-electron chi connectivity index (χ3n) is 4.29. The molecule has 1 atom stereocenters. The van der Waals surface area contributed by atoms with Gasteiger partial charge < -0.3 is 15.0 Å². The minimum atomic E-state index is -3.09. The van der Waals surface area contributed by atoms with Gasteiger partial charge in [-0.15, -0.1) is 0 Å². The van der Waals surface area contributed by atoms with E-state index in [1.54, 1.807) is 13.0 Å². The molecule has 1 N–H and O–H groups in total. The van der Waals surface area contributed by atoms with Gasteiger partial charge in [-0.25, -0.2) is 0 Å². The fourth-order valence-corrected chi connectivity index (χ4v) is 2.57. The predicted molar refractivity (Wildman–Crippen MR) is 99.7 cm³/mol. The van der Waals surface area contributed by atoms with Crippen molar-refractivity contribution in [1.29, 1.82) is 0 Å². The van der Waals surface area contributed by atoms with Crippen LogP contribution >= 0.6 is 0 Å². The summed E-state index contributed by atoms with van der Waals surface area (Å²) < 4.78 is 29.2. The SMILES string of the molecule is C[C@@H](c1cccc([N+](=O)[O-])c1)N(C)C(=O)CNC(=O)c1ccccc1OC(F)F. The number of nitrogens with zero attached hydrogens (tertiary/aromatic N) is 2. The summed E-state index contributed by atoms with van der Waals surface area (Å²) >= 11 is 0. The molecule has 10 heteroatoms. The van der Waals surface area contributed by atoms with Crippen molar-refractivity contribution in [2.75, 3.05) is 13.6 Å². The number of alkyl halides is 2. The van der Waals surface area contributed by atoms with E-state index < -0.39 is 35.9 Å². The minimum Gasteiger partial charge on any atom is -0.434 e. The number of nitro groups is 1. The Kier molecular flexibility index (Phi) is 7.18. The normalized spacial score (nSPS) is 11.6. The number of non-ortho nitro benzene ring substituents is 1. The second-order valence-electron chi connectivity index (χ2n) is 6.09. The number of carbonyl (C=O) groups excluding carboxylic acids is 2. The van der Waals surface area contributed by atoms with Gasteiger partial charge in [-0.2, -0.15) is 8.78 Å². The smallest absolute Gasteiger partial charge is 0.387 e. The summed E-state index contributed by atoms with van der Waals surface area (Å²) in [7, 11) is 1.49. The molecule has 0 aliphatic carbocycles. The van der Waals surface area contributed by atoms with Crippen molar-refractivity contribution < 1.29 is 28.0 Å². The maximum absolute atomic E-state index is 12.5. The molecule has 2 aromatic carbocycles. The fraction of sp³-hybridized carbons (Fsp3) is 0.263. The van der Waals surface area contributed by atoms with E-state index >= 15 is 0 Å². The van der Waals surface area contributed by atoms with Crippen molar-refractivity contribution >= 4 is 17.5 Å². The molecule has 0 radical (unpaired) electrons. The molecule has 0 spiro atoms. The number of ether oxygens (including phenoxy) is 1. The minimum absolute atomic E-state index is 0.0980.